The minimum Gasteiger partial charge on any atom is -0.237 e. The van der Waals surface area contributed by atoms with Crippen molar-refractivity contribution in [2.24, 2.45) is 0 Å². The van der Waals surface area contributed by atoms with Gasteiger partial charge in [0.15, 0.2) is 0 Å². The molecule has 0 aliphatic carbocycles. The first-order chi connectivity index (χ1) is 5.97. The summed E-state index contributed by atoms with van der Waals surface area (Å²) in [6, 6.07) is 10.6. The summed E-state index contributed by atoms with van der Waals surface area (Å²) in [5, 5.41) is 4.28. The highest BCUT2D eigenvalue weighted by atomic mass is 14.8. The highest BCUT2D eigenvalue weighted by Crippen LogP contribution is 2.18. The Morgan fingerprint density at radius 1 is 1.08 bits per heavy atom. The first-order valence-electron chi connectivity index (χ1n) is 4.34. The zero-order valence-corrected chi connectivity index (χ0v) is 7.03. The first-order valence-corrected chi connectivity index (χ1v) is 4.34. The van der Waals surface area contributed by atoms with Gasteiger partial charge in [0, 0.05) is 13.1 Å². The molecule has 0 N–H and O–H groups in total. The van der Waals surface area contributed by atoms with Crippen LogP contribution in [0.4, 0.5) is 0 Å². The van der Waals surface area contributed by atoms with E-state index in [1.165, 1.54) is 11.1 Å². The first kappa shape index (κ1) is 7.56. The van der Waals surface area contributed by atoms with Gasteiger partial charge in [-0.2, -0.15) is 0 Å². The van der Waals surface area contributed by atoms with E-state index in [4.69, 9.17) is 0 Å². The monoisotopic (exact) mass is 158 g/mol. The molecule has 1 aromatic carbocycles. The molecule has 0 saturated heterocycles. The minimum absolute atomic E-state index is 0.893. The standard InChI is InChI=1S/C11H12N/c1-2-4-10(5-3-1)11-6-8-12-9-7-11/h1-6H,7-9H2. The third-order valence-corrected chi connectivity index (χ3v) is 2.15. The van der Waals surface area contributed by atoms with Crippen LogP contribution in [0.15, 0.2) is 36.4 Å². The lowest BCUT2D eigenvalue weighted by atomic mass is 10.0. The summed E-state index contributed by atoms with van der Waals surface area (Å²) < 4.78 is 0. The maximum Gasteiger partial charge on any atom is 0.0320 e. The van der Waals surface area contributed by atoms with Crippen molar-refractivity contribution in [3.8, 4) is 0 Å². The molecule has 0 bridgehead atoms. The van der Waals surface area contributed by atoms with Crippen LogP contribution in [0, 0.1) is 0 Å². The van der Waals surface area contributed by atoms with E-state index in [0.717, 1.165) is 19.5 Å². The van der Waals surface area contributed by atoms with Crippen LogP contribution in [0.3, 0.4) is 0 Å². The van der Waals surface area contributed by atoms with Gasteiger partial charge in [0.1, 0.15) is 0 Å². The molecule has 0 amide bonds. The lowest BCUT2D eigenvalue weighted by Crippen LogP contribution is -2.12. The summed E-state index contributed by atoms with van der Waals surface area (Å²) in [6.45, 7) is 1.88. The van der Waals surface area contributed by atoms with Crippen molar-refractivity contribution in [1.29, 1.82) is 0 Å². The predicted octanol–water partition coefficient (Wildman–Crippen LogP) is 2.08. The molecule has 2 rings (SSSR count). The second kappa shape index (κ2) is 3.55. The Hall–Kier alpha value is -1.08. The van der Waals surface area contributed by atoms with Crippen molar-refractivity contribution >= 4 is 5.57 Å². The summed E-state index contributed by atoms with van der Waals surface area (Å²) in [4.78, 5) is 0. The van der Waals surface area contributed by atoms with E-state index in [0.29, 0.717) is 0 Å². The summed E-state index contributed by atoms with van der Waals surface area (Å²) in [6.07, 6.45) is 3.32. The van der Waals surface area contributed by atoms with Gasteiger partial charge in [0.05, 0.1) is 0 Å². The number of hydrogen-bond donors (Lipinski definition) is 0. The largest absolute Gasteiger partial charge is 0.237 e. The molecule has 1 radical (unpaired) electrons. The lowest BCUT2D eigenvalue weighted by Gasteiger charge is -2.12. The predicted molar refractivity (Wildman–Crippen MR) is 50.9 cm³/mol. The van der Waals surface area contributed by atoms with Gasteiger partial charge in [-0.15, -0.1) is 0 Å². The molecular weight excluding hydrogens is 146 g/mol. The van der Waals surface area contributed by atoms with E-state index < -0.39 is 0 Å². The Bertz CT molecular complexity index is 274. The van der Waals surface area contributed by atoms with Crippen molar-refractivity contribution in [3.63, 3.8) is 0 Å². The van der Waals surface area contributed by atoms with Gasteiger partial charge >= 0.3 is 0 Å². The van der Waals surface area contributed by atoms with Crippen LogP contribution in [0.5, 0.6) is 0 Å². The van der Waals surface area contributed by atoms with E-state index in [2.05, 4.69) is 41.7 Å². The molecule has 0 saturated carbocycles. The van der Waals surface area contributed by atoms with Crippen LogP contribution in [-0.2, 0) is 0 Å². The van der Waals surface area contributed by atoms with Crippen molar-refractivity contribution < 1.29 is 0 Å². The summed E-state index contributed by atoms with van der Waals surface area (Å²) in [5.41, 5.74) is 2.80. The molecule has 0 fully saturated rings. The van der Waals surface area contributed by atoms with Gasteiger partial charge in [-0.3, -0.25) is 0 Å². The molecule has 1 nitrogen and oxygen atoms in total. The molecule has 0 unspecified atom stereocenters. The van der Waals surface area contributed by atoms with Crippen molar-refractivity contribution in [2.45, 2.75) is 6.42 Å². The van der Waals surface area contributed by atoms with Gasteiger partial charge in [-0.25, -0.2) is 5.32 Å². The van der Waals surface area contributed by atoms with Gasteiger partial charge in [0.2, 0.25) is 0 Å². The highest BCUT2D eigenvalue weighted by Gasteiger charge is 2.04. The molecular formula is C11H12N. The summed E-state index contributed by atoms with van der Waals surface area (Å²) in [7, 11) is 0. The van der Waals surface area contributed by atoms with Crippen LogP contribution < -0.4 is 5.32 Å². The van der Waals surface area contributed by atoms with Crippen LogP contribution in [0.2, 0.25) is 0 Å². The Balaban J connectivity index is 2.24. The SMILES string of the molecule is C1=C(c2ccccc2)CC[N]C1. The second-order valence-electron chi connectivity index (χ2n) is 2.98. The van der Waals surface area contributed by atoms with Crippen LogP contribution in [0.25, 0.3) is 5.57 Å². The van der Waals surface area contributed by atoms with Crippen molar-refractivity contribution in [3.05, 3.63) is 42.0 Å². The number of nitrogens with zero attached hydrogens (tertiary/aromatic N) is 1. The minimum atomic E-state index is 0.893. The van der Waals surface area contributed by atoms with Crippen molar-refractivity contribution in [1.82, 2.24) is 5.32 Å². The van der Waals surface area contributed by atoms with E-state index in [-0.39, 0.29) is 0 Å². The number of hydrogen-bond acceptors (Lipinski definition) is 0. The topological polar surface area (TPSA) is 14.1 Å². The fourth-order valence-corrected chi connectivity index (χ4v) is 1.48. The molecule has 0 atom stereocenters. The van der Waals surface area contributed by atoms with Gasteiger partial charge in [-0.05, 0) is 17.6 Å². The normalized spacial score (nSPS) is 17.2. The molecule has 1 aliphatic rings. The summed E-state index contributed by atoms with van der Waals surface area (Å²) >= 11 is 0. The van der Waals surface area contributed by atoms with E-state index in [9.17, 15) is 0 Å². The average molecular weight is 158 g/mol. The Labute approximate surface area is 73.1 Å². The Morgan fingerprint density at radius 2 is 1.92 bits per heavy atom. The third kappa shape index (κ3) is 1.56. The highest BCUT2D eigenvalue weighted by molar-refractivity contribution is 5.66. The van der Waals surface area contributed by atoms with Gasteiger partial charge in [-0.1, -0.05) is 36.4 Å². The quantitative estimate of drug-likeness (QED) is 0.594. The molecule has 12 heavy (non-hydrogen) atoms. The molecule has 1 heterocycles. The fourth-order valence-electron chi connectivity index (χ4n) is 1.48. The zero-order chi connectivity index (χ0) is 8.23. The number of rotatable bonds is 1. The molecule has 61 valence electrons. The van der Waals surface area contributed by atoms with E-state index >= 15 is 0 Å². The molecule has 1 aromatic rings. The van der Waals surface area contributed by atoms with Gasteiger partial charge in [0.25, 0.3) is 0 Å². The lowest BCUT2D eigenvalue weighted by molar-refractivity contribution is 0.723. The maximum atomic E-state index is 4.28. The smallest absolute Gasteiger partial charge is 0.0320 e. The second-order valence-corrected chi connectivity index (χ2v) is 2.98. The van der Waals surface area contributed by atoms with Crippen LogP contribution in [0.1, 0.15) is 12.0 Å². The maximum absolute atomic E-state index is 4.28. The molecule has 1 heteroatoms. The van der Waals surface area contributed by atoms with E-state index in [1.807, 2.05) is 0 Å². The third-order valence-electron chi connectivity index (χ3n) is 2.15. The van der Waals surface area contributed by atoms with E-state index in [1.54, 1.807) is 0 Å². The zero-order valence-electron chi connectivity index (χ0n) is 7.03. The number of benzene rings is 1. The Kier molecular flexibility index (Phi) is 2.23. The summed E-state index contributed by atoms with van der Waals surface area (Å²) in [5.74, 6) is 0. The van der Waals surface area contributed by atoms with Gasteiger partial charge < -0.3 is 0 Å². The molecule has 1 aliphatic heterocycles. The van der Waals surface area contributed by atoms with Crippen LogP contribution in [-0.4, -0.2) is 13.1 Å². The fraction of sp³-hybridized carbons (Fsp3) is 0.273. The molecule has 0 spiro atoms. The average Bonchev–Trinajstić information content (AvgIpc) is 2.21. The Morgan fingerprint density at radius 3 is 2.58 bits per heavy atom. The van der Waals surface area contributed by atoms with Crippen molar-refractivity contribution in [2.75, 3.05) is 13.1 Å². The molecule has 0 aromatic heterocycles. The van der Waals surface area contributed by atoms with Crippen LogP contribution >= 0.6 is 0 Å².